The first-order chi connectivity index (χ1) is 30.7. The number of nitriles is 1. The van der Waals surface area contributed by atoms with Crippen LogP contribution in [0.4, 0.5) is 0 Å². The highest BCUT2D eigenvalue weighted by atomic mass is 15.0. The topological polar surface area (TPSA) is 101 Å². The Morgan fingerprint density at radius 3 is 0.984 bits per heavy atom. The summed E-state index contributed by atoms with van der Waals surface area (Å²) in [5.41, 5.74) is 11.6. The van der Waals surface area contributed by atoms with Gasteiger partial charge in [0, 0.05) is 33.4 Å². The van der Waals surface area contributed by atoms with Crippen LogP contribution in [0.2, 0.25) is 0 Å². The fraction of sp³-hybridized carbons (Fsp3) is 0. The van der Waals surface area contributed by atoms with E-state index >= 15 is 0 Å². The average Bonchev–Trinajstić information content (AvgIpc) is 3.37. The first-order valence-electron chi connectivity index (χ1n) is 20.3. The van der Waals surface area contributed by atoms with Gasteiger partial charge in [0.25, 0.3) is 0 Å². The molecule has 7 nitrogen and oxygen atoms in total. The predicted octanol–water partition coefficient (Wildman–Crippen LogP) is 12.9. The molecule has 0 aliphatic rings. The SMILES string of the molecule is N#Cc1ccc(-c2cc(-c3ccccc3-c3nc(-c4ccccc4)nc(-c4ccccc4)n3)ccc2-c2nc(-c3ccccc3)nc(-c3ccccc3-c3ccccc3)n2)cc1. The van der Waals surface area contributed by atoms with Crippen molar-refractivity contribution in [3.05, 3.63) is 218 Å². The lowest BCUT2D eigenvalue weighted by Gasteiger charge is -2.16. The van der Waals surface area contributed by atoms with E-state index in [1.165, 1.54) is 0 Å². The monoisotopic (exact) mass is 793 g/mol. The summed E-state index contributed by atoms with van der Waals surface area (Å²) < 4.78 is 0. The molecule has 0 fully saturated rings. The molecule has 8 aromatic carbocycles. The highest BCUT2D eigenvalue weighted by Crippen LogP contribution is 2.40. The summed E-state index contributed by atoms with van der Waals surface area (Å²) in [4.78, 5) is 30.6. The van der Waals surface area contributed by atoms with Gasteiger partial charge in [-0.1, -0.05) is 188 Å². The number of nitrogens with zero attached hydrogens (tertiary/aromatic N) is 7. The second kappa shape index (κ2) is 16.9. The number of benzene rings is 8. The molecular weight excluding hydrogens is 759 g/mol. The third kappa shape index (κ3) is 7.63. The molecular formula is C55H35N7. The molecule has 0 spiro atoms. The zero-order valence-corrected chi connectivity index (χ0v) is 33.3. The van der Waals surface area contributed by atoms with Crippen LogP contribution in [0.25, 0.3) is 102 Å². The fourth-order valence-electron chi connectivity index (χ4n) is 7.61. The fourth-order valence-corrected chi connectivity index (χ4v) is 7.61. The molecule has 10 aromatic rings. The van der Waals surface area contributed by atoms with Crippen LogP contribution in [0.15, 0.2) is 212 Å². The third-order valence-corrected chi connectivity index (χ3v) is 10.7. The summed E-state index contributed by atoms with van der Waals surface area (Å²) in [5, 5.41) is 9.74. The second-order valence-electron chi connectivity index (χ2n) is 14.6. The Hall–Kier alpha value is -8.73. The quantitative estimate of drug-likeness (QED) is 0.143. The van der Waals surface area contributed by atoms with E-state index < -0.39 is 0 Å². The van der Waals surface area contributed by atoms with Gasteiger partial charge in [-0.3, -0.25) is 0 Å². The molecule has 0 N–H and O–H groups in total. The Morgan fingerprint density at radius 2 is 0.548 bits per heavy atom. The van der Waals surface area contributed by atoms with E-state index in [9.17, 15) is 5.26 Å². The maximum absolute atomic E-state index is 9.74. The molecule has 2 heterocycles. The minimum Gasteiger partial charge on any atom is -0.208 e. The van der Waals surface area contributed by atoms with E-state index in [2.05, 4.69) is 60.7 Å². The van der Waals surface area contributed by atoms with E-state index in [4.69, 9.17) is 29.9 Å². The summed E-state index contributed by atoms with van der Waals surface area (Å²) in [7, 11) is 0. The highest BCUT2D eigenvalue weighted by Gasteiger charge is 2.21. The van der Waals surface area contributed by atoms with Gasteiger partial charge in [-0.05, 0) is 57.6 Å². The third-order valence-electron chi connectivity index (χ3n) is 10.7. The van der Waals surface area contributed by atoms with E-state index in [0.29, 0.717) is 40.5 Å². The smallest absolute Gasteiger partial charge is 0.164 e. The van der Waals surface area contributed by atoms with Crippen molar-refractivity contribution in [2.24, 2.45) is 0 Å². The van der Waals surface area contributed by atoms with Gasteiger partial charge < -0.3 is 0 Å². The van der Waals surface area contributed by atoms with Crippen molar-refractivity contribution in [3.8, 4) is 108 Å². The van der Waals surface area contributed by atoms with E-state index in [-0.39, 0.29) is 0 Å². The summed E-state index contributed by atoms with van der Waals surface area (Å²) >= 11 is 0. The predicted molar refractivity (Wildman–Crippen MR) is 247 cm³/mol. The molecule has 10 rings (SSSR count). The Kier molecular flexibility index (Phi) is 10.2. The van der Waals surface area contributed by atoms with Crippen LogP contribution in [0.1, 0.15) is 5.56 Å². The largest absolute Gasteiger partial charge is 0.208 e. The molecule has 0 saturated carbocycles. The molecule has 0 unspecified atom stereocenters. The van der Waals surface area contributed by atoms with Gasteiger partial charge in [0.15, 0.2) is 34.9 Å². The molecule has 0 radical (unpaired) electrons. The van der Waals surface area contributed by atoms with Crippen LogP contribution in [-0.4, -0.2) is 29.9 Å². The van der Waals surface area contributed by atoms with Crippen LogP contribution < -0.4 is 0 Å². The van der Waals surface area contributed by atoms with Gasteiger partial charge in [0.2, 0.25) is 0 Å². The molecule has 0 bridgehead atoms. The lowest BCUT2D eigenvalue weighted by molar-refractivity contribution is 1.07. The van der Waals surface area contributed by atoms with E-state index in [0.717, 1.165) is 66.8 Å². The van der Waals surface area contributed by atoms with Gasteiger partial charge in [0.1, 0.15) is 0 Å². The van der Waals surface area contributed by atoms with Crippen LogP contribution in [-0.2, 0) is 0 Å². The first kappa shape index (κ1) is 37.5. The summed E-state index contributed by atoms with van der Waals surface area (Å²) in [6, 6.07) is 72.9. The minimum absolute atomic E-state index is 0.522. The number of rotatable bonds is 9. The zero-order valence-electron chi connectivity index (χ0n) is 33.3. The number of hydrogen-bond donors (Lipinski definition) is 0. The van der Waals surface area contributed by atoms with Gasteiger partial charge >= 0.3 is 0 Å². The highest BCUT2D eigenvalue weighted by molar-refractivity contribution is 5.90. The van der Waals surface area contributed by atoms with Crippen molar-refractivity contribution < 1.29 is 0 Å². The van der Waals surface area contributed by atoms with Gasteiger partial charge in [-0.15, -0.1) is 0 Å². The molecule has 0 aliphatic heterocycles. The van der Waals surface area contributed by atoms with Crippen LogP contribution in [0, 0.1) is 11.3 Å². The zero-order chi connectivity index (χ0) is 41.7. The van der Waals surface area contributed by atoms with E-state index in [1.54, 1.807) is 0 Å². The lowest BCUT2D eigenvalue weighted by atomic mass is 9.91. The Labute approximate surface area is 359 Å². The molecule has 62 heavy (non-hydrogen) atoms. The standard InChI is InChI=1S/C55H35N7/c56-36-37-29-31-39(32-30-37)49-35-43(45-26-14-16-28-47(45)53-58-50(40-19-7-2-8-20-40)57-51(59-53)41-21-9-3-10-22-41)33-34-48(49)55-61-52(42-23-11-4-12-24-42)60-54(62-55)46-27-15-13-25-44(46)38-17-5-1-6-18-38/h1-35H. The van der Waals surface area contributed by atoms with Crippen LogP contribution in [0.5, 0.6) is 0 Å². The molecule has 0 amide bonds. The van der Waals surface area contributed by atoms with Crippen molar-refractivity contribution >= 4 is 0 Å². The molecule has 2 aromatic heterocycles. The molecule has 0 atom stereocenters. The van der Waals surface area contributed by atoms with Crippen molar-refractivity contribution in [1.82, 2.24) is 29.9 Å². The Balaban J connectivity index is 1.17. The van der Waals surface area contributed by atoms with Gasteiger partial charge in [-0.2, -0.15) is 5.26 Å². The summed E-state index contributed by atoms with van der Waals surface area (Å²) in [5.74, 6) is 3.38. The second-order valence-corrected chi connectivity index (χ2v) is 14.6. The Bertz CT molecular complexity index is 3160. The molecule has 0 saturated heterocycles. The van der Waals surface area contributed by atoms with Crippen LogP contribution >= 0.6 is 0 Å². The summed E-state index contributed by atoms with van der Waals surface area (Å²) in [6.45, 7) is 0. The normalized spacial score (nSPS) is 10.9. The van der Waals surface area contributed by atoms with Crippen molar-refractivity contribution in [3.63, 3.8) is 0 Å². The van der Waals surface area contributed by atoms with Crippen LogP contribution in [0.3, 0.4) is 0 Å². The molecule has 7 heteroatoms. The lowest BCUT2D eigenvalue weighted by Crippen LogP contribution is -2.02. The van der Waals surface area contributed by atoms with Crippen molar-refractivity contribution in [1.29, 1.82) is 5.26 Å². The number of aromatic nitrogens is 6. The maximum atomic E-state index is 9.74. The van der Waals surface area contributed by atoms with Crippen molar-refractivity contribution in [2.75, 3.05) is 0 Å². The minimum atomic E-state index is 0.522. The first-order valence-corrected chi connectivity index (χ1v) is 20.3. The van der Waals surface area contributed by atoms with Gasteiger partial charge in [-0.25, -0.2) is 29.9 Å². The van der Waals surface area contributed by atoms with E-state index in [1.807, 2.05) is 158 Å². The molecule has 0 aliphatic carbocycles. The van der Waals surface area contributed by atoms with Gasteiger partial charge in [0.05, 0.1) is 11.6 Å². The average molecular weight is 794 g/mol. The van der Waals surface area contributed by atoms with Crippen molar-refractivity contribution in [2.45, 2.75) is 0 Å². The number of hydrogen-bond acceptors (Lipinski definition) is 7. The molecule has 290 valence electrons. The maximum Gasteiger partial charge on any atom is 0.164 e. The Morgan fingerprint density at radius 1 is 0.242 bits per heavy atom. The summed E-state index contributed by atoms with van der Waals surface area (Å²) in [6.07, 6.45) is 0.